The van der Waals surface area contributed by atoms with Crippen molar-refractivity contribution >= 4 is 28.3 Å². The molecule has 0 aliphatic heterocycles. The van der Waals surface area contributed by atoms with Crippen molar-refractivity contribution in [2.75, 3.05) is 0 Å². The Morgan fingerprint density at radius 3 is 3.05 bits per heavy atom. The first-order valence-electron chi connectivity index (χ1n) is 6.39. The number of carbonyl (C=O) groups is 1. The van der Waals surface area contributed by atoms with Crippen LogP contribution >= 0.6 is 11.3 Å². The van der Waals surface area contributed by atoms with E-state index in [1.165, 1.54) is 17.4 Å². The summed E-state index contributed by atoms with van der Waals surface area (Å²) in [6.07, 6.45) is -1.11. The van der Waals surface area contributed by atoms with E-state index in [1.54, 1.807) is 17.6 Å². The van der Waals surface area contributed by atoms with Crippen molar-refractivity contribution in [1.29, 1.82) is 0 Å². The minimum atomic E-state index is -1.11. The normalized spacial score (nSPS) is 10.8. The van der Waals surface area contributed by atoms with Crippen LogP contribution < -0.4 is 10.1 Å². The molecular formula is C14H12FN3O3S. The summed E-state index contributed by atoms with van der Waals surface area (Å²) in [7, 11) is 0. The molecule has 8 heteroatoms. The van der Waals surface area contributed by atoms with Crippen molar-refractivity contribution in [3.05, 3.63) is 46.3 Å². The number of hydrogen-bond donors (Lipinski definition) is 3. The Morgan fingerprint density at radius 1 is 1.45 bits per heavy atom. The lowest BCUT2D eigenvalue weighted by atomic mass is 10.2. The number of H-pyrrole nitrogens is 1. The van der Waals surface area contributed by atoms with E-state index in [2.05, 4.69) is 15.3 Å². The Kier molecular flexibility index (Phi) is 3.92. The number of ether oxygens (including phenoxy) is 1. The molecule has 3 N–H and O–H groups in total. The average molecular weight is 321 g/mol. The molecule has 0 saturated heterocycles. The molecule has 0 saturated carbocycles. The van der Waals surface area contributed by atoms with Crippen LogP contribution in [-0.4, -0.2) is 21.2 Å². The quantitative estimate of drug-likeness (QED) is 0.674. The molecule has 114 valence electrons. The van der Waals surface area contributed by atoms with Gasteiger partial charge in [-0.15, -0.1) is 11.3 Å². The van der Waals surface area contributed by atoms with Gasteiger partial charge in [0.25, 0.3) is 0 Å². The first-order valence-corrected chi connectivity index (χ1v) is 7.34. The highest BCUT2D eigenvalue weighted by atomic mass is 32.1. The minimum absolute atomic E-state index is 0.125. The van der Waals surface area contributed by atoms with Crippen LogP contribution in [-0.2, 0) is 13.2 Å². The van der Waals surface area contributed by atoms with E-state index in [0.717, 1.165) is 5.69 Å². The van der Waals surface area contributed by atoms with Crippen LogP contribution in [0.3, 0.4) is 0 Å². The first-order chi connectivity index (χ1) is 10.6. The summed E-state index contributed by atoms with van der Waals surface area (Å²) in [5.74, 6) is -0.348. The summed E-state index contributed by atoms with van der Waals surface area (Å²) in [6.45, 7) is 0.320. The maximum Gasteiger partial charge on any atom is 0.404 e. The van der Waals surface area contributed by atoms with Gasteiger partial charge < -0.3 is 20.1 Å². The number of nitrogens with one attached hydrogen (secondary N) is 2. The fraction of sp³-hybridized carbons (Fsp3) is 0.143. The molecule has 2 heterocycles. The van der Waals surface area contributed by atoms with Crippen LogP contribution in [0, 0.1) is 5.82 Å². The van der Waals surface area contributed by atoms with E-state index in [-0.39, 0.29) is 18.9 Å². The molecule has 0 atom stereocenters. The lowest BCUT2D eigenvalue weighted by Gasteiger charge is -2.05. The van der Waals surface area contributed by atoms with Crippen LogP contribution in [0.15, 0.2) is 29.1 Å². The fourth-order valence-corrected chi connectivity index (χ4v) is 2.57. The van der Waals surface area contributed by atoms with Gasteiger partial charge in [0.05, 0.1) is 17.7 Å². The number of aromatic amines is 1. The molecule has 1 aromatic carbocycles. The third kappa shape index (κ3) is 3.17. The Bertz CT molecular complexity index is 801. The van der Waals surface area contributed by atoms with Crippen molar-refractivity contribution in [3.63, 3.8) is 0 Å². The molecule has 0 fully saturated rings. The zero-order valence-electron chi connectivity index (χ0n) is 11.3. The second-order valence-electron chi connectivity index (χ2n) is 4.59. The van der Waals surface area contributed by atoms with Crippen LogP contribution in [0.5, 0.6) is 5.75 Å². The van der Waals surface area contributed by atoms with Crippen molar-refractivity contribution in [2.24, 2.45) is 0 Å². The molecule has 0 bridgehead atoms. The second-order valence-corrected chi connectivity index (χ2v) is 5.31. The molecule has 0 radical (unpaired) electrons. The van der Waals surface area contributed by atoms with Gasteiger partial charge in [-0.1, -0.05) is 0 Å². The summed E-state index contributed by atoms with van der Waals surface area (Å²) in [4.78, 5) is 17.6. The summed E-state index contributed by atoms with van der Waals surface area (Å²) >= 11 is 1.45. The lowest BCUT2D eigenvalue weighted by Crippen LogP contribution is -2.19. The molecule has 1 amide bonds. The Balaban J connectivity index is 1.79. The van der Waals surface area contributed by atoms with Gasteiger partial charge in [0.15, 0.2) is 11.6 Å². The van der Waals surface area contributed by atoms with Gasteiger partial charge in [-0.05, 0) is 12.1 Å². The van der Waals surface area contributed by atoms with Crippen LogP contribution in [0.25, 0.3) is 10.9 Å². The highest BCUT2D eigenvalue weighted by Gasteiger charge is 2.10. The van der Waals surface area contributed by atoms with Gasteiger partial charge in [0.1, 0.15) is 6.61 Å². The van der Waals surface area contributed by atoms with Gasteiger partial charge in [0.2, 0.25) is 0 Å². The summed E-state index contributed by atoms with van der Waals surface area (Å²) < 4.78 is 19.4. The number of aromatic nitrogens is 2. The monoisotopic (exact) mass is 321 g/mol. The minimum Gasteiger partial charge on any atom is -0.484 e. The molecule has 3 aromatic rings. The van der Waals surface area contributed by atoms with E-state index in [4.69, 9.17) is 9.84 Å². The molecule has 3 rings (SSSR count). The van der Waals surface area contributed by atoms with E-state index in [0.29, 0.717) is 16.6 Å². The number of amides is 1. The zero-order valence-corrected chi connectivity index (χ0v) is 12.1. The predicted octanol–water partition coefficient (Wildman–Crippen LogP) is 3.11. The number of fused-ring (bicyclic) bond motifs is 1. The Hall–Kier alpha value is -2.61. The van der Waals surface area contributed by atoms with Gasteiger partial charge in [-0.25, -0.2) is 14.2 Å². The number of nitrogens with zero attached hydrogens (tertiary/aromatic N) is 1. The smallest absolute Gasteiger partial charge is 0.404 e. The van der Waals surface area contributed by atoms with Gasteiger partial charge in [0, 0.05) is 28.0 Å². The zero-order chi connectivity index (χ0) is 15.5. The fourth-order valence-electron chi connectivity index (χ4n) is 2.03. The number of halogens is 1. The highest BCUT2D eigenvalue weighted by molar-refractivity contribution is 7.07. The summed E-state index contributed by atoms with van der Waals surface area (Å²) in [6, 6.07) is 4.60. The number of hydrogen-bond acceptors (Lipinski definition) is 4. The second kappa shape index (κ2) is 6.02. The van der Waals surface area contributed by atoms with Crippen molar-refractivity contribution in [1.82, 2.24) is 15.3 Å². The van der Waals surface area contributed by atoms with E-state index in [9.17, 15) is 9.18 Å². The van der Waals surface area contributed by atoms with E-state index >= 15 is 0 Å². The number of rotatable bonds is 5. The Labute approximate surface area is 128 Å². The molecule has 6 nitrogen and oxygen atoms in total. The lowest BCUT2D eigenvalue weighted by molar-refractivity contribution is 0.194. The topological polar surface area (TPSA) is 87.2 Å². The standard InChI is InChI=1S/C14H12FN3O3S/c15-11-2-8-1-9(4-16-14(19)20)18-12(8)3-13(11)21-5-10-6-22-7-17-10/h1-3,6-7,16,18H,4-5H2,(H,19,20). The average Bonchev–Trinajstić information content (AvgIpc) is 3.11. The molecule has 0 aliphatic carbocycles. The van der Waals surface area contributed by atoms with Gasteiger partial charge >= 0.3 is 6.09 Å². The van der Waals surface area contributed by atoms with Crippen molar-refractivity contribution in [2.45, 2.75) is 13.2 Å². The van der Waals surface area contributed by atoms with Crippen molar-refractivity contribution < 1.29 is 19.0 Å². The van der Waals surface area contributed by atoms with Gasteiger partial charge in [-0.3, -0.25) is 0 Å². The maximum absolute atomic E-state index is 14.0. The number of carboxylic acid groups (broad SMARTS) is 1. The summed E-state index contributed by atoms with van der Waals surface area (Å²) in [5, 5.41) is 13.3. The number of benzene rings is 1. The van der Waals surface area contributed by atoms with Crippen LogP contribution in [0.4, 0.5) is 9.18 Å². The molecule has 0 unspecified atom stereocenters. The van der Waals surface area contributed by atoms with E-state index < -0.39 is 11.9 Å². The largest absolute Gasteiger partial charge is 0.484 e. The Morgan fingerprint density at radius 2 is 2.32 bits per heavy atom. The predicted molar refractivity (Wildman–Crippen MR) is 79.6 cm³/mol. The SMILES string of the molecule is O=C(O)NCc1cc2cc(F)c(OCc3cscn3)cc2[nH]1. The third-order valence-corrected chi connectivity index (χ3v) is 3.65. The molecular weight excluding hydrogens is 309 g/mol. The molecule has 0 aliphatic rings. The number of thiazole rings is 1. The van der Waals surface area contributed by atoms with Crippen molar-refractivity contribution in [3.8, 4) is 5.75 Å². The molecule has 2 aromatic heterocycles. The van der Waals surface area contributed by atoms with Gasteiger partial charge in [-0.2, -0.15) is 0 Å². The maximum atomic E-state index is 14.0. The molecule has 22 heavy (non-hydrogen) atoms. The molecule has 0 spiro atoms. The van der Waals surface area contributed by atoms with Crippen LogP contribution in [0.1, 0.15) is 11.4 Å². The first kappa shape index (κ1) is 14.3. The highest BCUT2D eigenvalue weighted by Crippen LogP contribution is 2.26. The van der Waals surface area contributed by atoms with E-state index in [1.807, 2.05) is 5.38 Å². The summed E-state index contributed by atoms with van der Waals surface area (Å²) in [5.41, 5.74) is 3.75. The third-order valence-electron chi connectivity index (χ3n) is 3.02. The van der Waals surface area contributed by atoms with Crippen LogP contribution in [0.2, 0.25) is 0 Å².